The third-order valence-corrected chi connectivity index (χ3v) is 17.9. The molecule has 3 aromatic rings. The van der Waals surface area contributed by atoms with E-state index in [1.807, 2.05) is 74.7 Å². The minimum absolute atomic E-state index is 0.0304. The molecule has 1 spiro atoms. The number of aliphatic imine (C=N–C) groups is 1. The van der Waals surface area contributed by atoms with Crippen LogP contribution < -0.4 is 38.5 Å². The van der Waals surface area contributed by atoms with Crippen LogP contribution in [0.5, 0.6) is 5.75 Å². The van der Waals surface area contributed by atoms with Crippen molar-refractivity contribution in [1.29, 1.82) is 0 Å². The fraction of sp³-hybridized carbons (Fsp3) is 0.516. The molecule has 0 radical (unpaired) electrons. The van der Waals surface area contributed by atoms with E-state index in [9.17, 15) is 35.4 Å². The number of nitrogens with two attached hydrogens (primary N) is 3. The third kappa shape index (κ3) is 14.3. The summed E-state index contributed by atoms with van der Waals surface area (Å²) in [6, 6.07) is 19.2. The largest absolute Gasteiger partial charge is 0.508 e. The molecule has 7 rings (SSSR count). The highest BCUT2D eigenvalue weighted by atomic mass is 16.3. The zero-order valence-corrected chi connectivity index (χ0v) is 47.8. The van der Waals surface area contributed by atoms with Crippen LogP contribution in [-0.4, -0.2) is 118 Å². The first-order valence-electron chi connectivity index (χ1n) is 28.6. The molecule has 4 aliphatic rings. The summed E-state index contributed by atoms with van der Waals surface area (Å²) in [6.07, 6.45) is 7.38. The summed E-state index contributed by atoms with van der Waals surface area (Å²) in [5.74, 6) is -2.75. The summed E-state index contributed by atoms with van der Waals surface area (Å²) >= 11 is 0. The van der Waals surface area contributed by atoms with Gasteiger partial charge >= 0.3 is 0 Å². The van der Waals surface area contributed by atoms with Crippen LogP contribution in [0.3, 0.4) is 0 Å². The van der Waals surface area contributed by atoms with Crippen LogP contribution in [0.25, 0.3) is 0 Å². The highest BCUT2D eigenvalue weighted by molar-refractivity contribution is 5.98. The molecule has 2 saturated carbocycles. The number of guanidine groups is 1. The molecule has 0 saturated heterocycles. The molecule has 1 amide bonds. The molecule has 16 N–H and O–H groups in total. The molecule has 3 aromatic carbocycles. The predicted octanol–water partition coefficient (Wildman–Crippen LogP) is 5.38. The number of carbonyl (C=O) groups excluding carboxylic acids is 2. The Labute approximate surface area is 473 Å². The SMILES string of the molecule is C=C(C=CC=C(CO)C1CCC2(C3CCC(O)Cc4cccc(c4)CC(C(CN=C(N)N)c4ccc(O)cc4)C(O)CNC4C(=O)NC(N)c5cccc(c54)CC(=O)C(C)=C3CCC2(C)O)C1O)C(CC=C(C)C)NC(C)CNC. The smallest absolute Gasteiger partial charge is 0.243 e. The number of amides is 1. The van der Waals surface area contributed by atoms with Crippen molar-refractivity contribution in [2.24, 2.45) is 45.4 Å². The maximum Gasteiger partial charge on any atom is 0.243 e. The summed E-state index contributed by atoms with van der Waals surface area (Å²) in [5, 5.41) is 84.8. The van der Waals surface area contributed by atoms with E-state index in [0.717, 1.165) is 40.8 Å². The molecule has 16 heteroatoms. The highest BCUT2D eigenvalue weighted by Gasteiger charge is 2.64. The van der Waals surface area contributed by atoms with Crippen LogP contribution in [0, 0.1) is 23.2 Å². The molecule has 13 unspecified atom stereocenters. The Hall–Kier alpha value is -5.79. The molecule has 16 nitrogen and oxygen atoms in total. The van der Waals surface area contributed by atoms with Gasteiger partial charge in [0.2, 0.25) is 5.91 Å². The van der Waals surface area contributed by atoms with Gasteiger partial charge in [-0.15, -0.1) is 0 Å². The van der Waals surface area contributed by atoms with Gasteiger partial charge in [0, 0.05) is 55.4 Å². The number of likely N-dealkylation sites (N-methyl/N-ethyl adjacent to an activating group) is 1. The van der Waals surface area contributed by atoms with E-state index in [-0.39, 0.29) is 75.0 Å². The number of hydrogen-bond acceptors (Lipinski definition) is 13. The Morgan fingerprint density at radius 3 is 2.39 bits per heavy atom. The number of ketones is 1. The zero-order chi connectivity index (χ0) is 58.1. The van der Waals surface area contributed by atoms with Crippen molar-refractivity contribution in [3.63, 3.8) is 0 Å². The Morgan fingerprint density at radius 1 is 0.988 bits per heavy atom. The lowest BCUT2D eigenvalue weighted by atomic mass is 9.52. The number of phenolic OH excluding ortho intramolecular Hbond substituents is 1. The van der Waals surface area contributed by atoms with Crippen molar-refractivity contribution in [1.82, 2.24) is 21.3 Å². The average Bonchev–Trinajstić information content (AvgIpc) is 4.00. The second-order valence-electron chi connectivity index (χ2n) is 23.6. The number of allylic oxidation sites excluding steroid dienone is 5. The fourth-order valence-electron chi connectivity index (χ4n) is 13.6. The molecule has 2 aliphatic carbocycles. The van der Waals surface area contributed by atoms with E-state index in [1.165, 1.54) is 5.57 Å². The number of β-amino-alcohol motifs (C(OH)–C–C–N with tert-alkyl or cyclic N) is 1. The van der Waals surface area contributed by atoms with Gasteiger partial charge in [-0.2, -0.15) is 0 Å². The first-order valence-corrected chi connectivity index (χ1v) is 28.6. The van der Waals surface area contributed by atoms with E-state index >= 15 is 4.79 Å². The van der Waals surface area contributed by atoms with E-state index < -0.39 is 71.1 Å². The molecule has 13 atom stereocenters. The van der Waals surface area contributed by atoms with Crippen molar-refractivity contribution >= 4 is 17.6 Å². The standard InChI is InChI=1S/C64H90N8O8/c1-37(2)17-24-54(71-39(4)33-68-7)38(3)11-8-15-45(36-73)49-26-28-64(59(49)78)53-23-22-47(75)30-41-12-9-13-42(29-41)31-51(52(34-70-62(66)67)43-18-20-46(74)21-19-43)56(77)35-69-58-57-44(14-10-16-50(57)60(65)72-61(58)79)32-55(76)40(5)48(53)25-27-63(64,6)80/h8-21,29,39,47,49,51-54,56,58-60,68-69,71,73-75,77-78,80H,3,22-28,30-36,65H2,1-2,4-7H3,(H,72,79)(H4,66,67,70). The summed E-state index contributed by atoms with van der Waals surface area (Å²) in [6.45, 7) is 14.8. The number of aliphatic hydroxyl groups excluding tert-OH is 4. The summed E-state index contributed by atoms with van der Waals surface area (Å²) in [7, 11) is 1.92. The van der Waals surface area contributed by atoms with Gasteiger partial charge in [-0.05, 0) is 174 Å². The van der Waals surface area contributed by atoms with Crippen LogP contribution >= 0.6 is 0 Å². The number of aromatic hydroxyl groups is 1. The minimum atomic E-state index is -1.40. The van der Waals surface area contributed by atoms with Crippen molar-refractivity contribution in [2.75, 3.05) is 33.3 Å². The van der Waals surface area contributed by atoms with Crippen molar-refractivity contribution in [3.8, 4) is 5.75 Å². The van der Waals surface area contributed by atoms with Crippen LogP contribution in [0.4, 0.5) is 0 Å². The van der Waals surface area contributed by atoms with Gasteiger partial charge < -0.3 is 63.8 Å². The number of fused-ring (bicyclic) bond motifs is 4. The lowest BCUT2D eigenvalue weighted by Crippen LogP contribution is -2.59. The molecular weight excluding hydrogens is 1010 g/mol. The minimum Gasteiger partial charge on any atom is -0.508 e. The summed E-state index contributed by atoms with van der Waals surface area (Å²) in [4.78, 5) is 33.7. The zero-order valence-electron chi connectivity index (χ0n) is 47.8. The lowest BCUT2D eigenvalue weighted by molar-refractivity contribution is -0.168. The number of nitrogens with zero attached hydrogens (tertiary/aromatic N) is 1. The van der Waals surface area contributed by atoms with E-state index in [1.54, 1.807) is 31.2 Å². The van der Waals surface area contributed by atoms with Gasteiger partial charge in [0.05, 0.1) is 30.5 Å². The fourth-order valence-corrected chi connectivity index (χ4v) is 13.6. The maximum absolute atomic E-state index is 15.1. The molecular formula is C64H90N8O8. The number of carbonyl (C=O) groups is 2. The number of aliphatic hydroxyl groups is 5. The molecule has 2 heterocycles. The van der Waals surface area contributed by atoms with Gasteiger partial charge in [0.25, 0.3) is 0 Å². The second-order valence-corrected chi connectivity index (χ2v) is 23.6. The number of Topliss-reactive ketones (excluding diaryl/α,β-unsaturated/α-hetero) is 1. The Kier molecular flexibility index (Phi) is 21.1. The van der Waals surface area contributed by atoms with Gasteiger partial charge in [0.1, 0.15) is 18.0 Å². The molecule has 2 fully saturated rings. The maximum atomic E-state index is 15.1. The van der Waals surface area contributed by atoms with E-state index in [0.29, 0.717) is 59.9 Å². The Balaban J connectivity index is 1.29. The van der Waals surface area contributed by atoms with E-state index in [4.69, 9.17) is 17.2 Å². The summed E-state index contributed by atoms with van der Waals surface area (Å²) < 4.78 is 0. The molecule has 434 valence electrons. The number of rotatable bonds is 15. The first kappa shape index (κ1) is 61.8. The molecule has 0 aromatic heterocycles. The normalized spacial score (nSPS) is 29.0. The highest BCUT2D eigenvalue weighted by Crippen LogP contribution is 2.63. The van der Waals surface area contributed by atoms with Crippen LogP contribution in [0.15, 0.2) is 130 Å². The van der Waals surface area contributed by atoms with Crippen molar-refractivity contribution < 1.29 is 40.2 Å². The monoisotopic (exact) mass is 1100 g/mol. The van der Waals surface area contributed by atoms with Crippen LogP contribution in [0.1, 0.15) is 131 Å². The van der Waals surface area contributed by atoms with Gasteiger partial charge in [-0.3, -0.25) is 19.9 Å². The first-order chi connectivity index (χ1) is 38.1. The predicted molar refractivity (Wildman–Crippen MR) is 316 cm³/mol. The van der Waals surface area contributed by atoms with Gasteiger partial charge in [0.15, 0.2) is 11.7 Å². The Bertz CT molecular complexity index is 2820. The third-order valence-electron chi connectivity index (χ3n) is 17.9. The van der Waals surface area contributed by atoms with Crippen molar-refractivity contribution in [2.45, 2.75) is 153 Å². The van der Waals surface area contributed by atoms with Crippen LogP contribution in [0.2, 0.25) is 0 Å². The summed E-state index contributed by atoms with van der Waals surface area (Å²) in [5.41, 5.74) is 24.2. The molecule has 2 aliphatic heterocycles. The number of nitrogens with one attached hydrogen (secondary N) is 4. The second kappa shape index (κ2) is 27.3. The lowest BCUT2D eigenvalue weighted by Gasteiger charge is -2.56. The molecule has 80 heavy (non-hydrogen) atoms. The van der Waals surface area contributed by atoms with Gasteiger partial charge in [-0.25, -0.2) is 0 Å². The van der Waals surface area contributed by atoms with Crippen molar-refractivity contribution in [3.05, 3.63) is 159 Å². The number of benzene rings is 3. The Morgan fingerprint density at radius 2 is 1.70 bits per heavy atom. The quantitative estimate of drug-likeness (QED) is 0.0394. The molecule has 2 bridgehead atoms. The van der Waals surface area contributed by atoms with Gasteiger partial charge in [-0.1, -0.05) is 96.6 Å². The number of phenols is 1. The van der Waals surface area contributed by atoms with E-state index in [2.05, 4.69) is 59.7 Å². The average molecular weight is 1100 g/mol. The topological polar surface area (TPSA) is 294 Å². The van der Waals surface area contributed by atoms with Crippen LogP contribution in [-0.2, 0) is 28.9 Å². The number of hydrogen-bond donors (Lipinski definition) is 13.